The summed E-state index contributed by atoms with van der Waals surface area (Å²) in [5.41, 5.74) is 3.11. The van der Waals surface area contributed by atoms with Gasteiger partial charge < -0.3 is 15.5 Å². The Bertz CT molecular complexity index is 955. The lowest BCUT2D eigenvalue weighted by atomic mass is 9.96. The largest absolute Gasteiger partial charge is 0.573 e. The fourth-order valence-corrected chi connectivity index (χ4v) is 2.60. The van der Waals surface area contributed by atoms with Crippen LogP contribution in [0.3, 0.4) is 0 Å². The number of hydrogen-bond donors (Lipinski definition) is 2. The molecule has 24 heavy (non-hydrogen) atoms. The van der Waals surface area contributed by atoms with E-state index >= 15 is 0 Å². The number of halogens is 4. The fraction of sp³-hybridized carbons (Fsp3) is 0.0714. The van der Waals surface area contributed by atoms with Crippen LogP contribution in [0.2, 0.25) is 0 Å². The van der Waals surface area contributed by atoms with Gasteiger partial charge in [0.25, 0.3) is 5.56 Å². The molecular weight excluding hydrogens is 393 g/mol. The number of benzene rings is 1. The molecule has 0 saturated carbocycles. The van der Waals surface area contributed by atoms with E-state index in [1.165, 1.54) is 12.1 Å². The predicted octanol–water partition coefficient (Wildman–Crippen LogP) is 3.03. The molecule has 0 radical (unpaired) electrons. The highest BCUT2D eigenvalue weighted by molar-refractivity contribution is 9.10. The third-order valence-electron chi connectivity index (χ3n) is 2.92. The lowest BCUT2D eigenvalue weighted by Crippen LogP contribution is -2.19. The maximum atomic E-state index is 12.6. The number of nitrogen functional groups attached to an aromatic ring is 1. The monoisotopic (exact) mass is 398 g/mol. The van der Waals surface area contributed by atoms with Crippen molar-refractivity contribution in [3.05, 3.63) is 44.2 Å². The van der Waals surface area contributed by atoms with Crippen LogP contribution in [-0.4, -0.2) is 11.3 Å². The van der Waals surface area contributed by atoms with E-state index in [2.05, 4.69) is 25.7 Å². The van der Waals surface area contributed by atoms with Gasteiger partial charge >= 0.3 is 6.36 Å². The number of nitrogens with zero attached hydrogens (tertiary/aromatic N) is 2. The summed E-state index contributed by atoms with van der Waals surface area (Å²) in [6.07, 6.45) is -5.01. The van der Waals surface area contributed by atoms with Gasteiger partial charge in [-0.05, 0) is 12.1 Å². The Morgan fingerprint density at radius 3 is 2.33 bits per heavy atom. The first-order valence-corrected chi connectivity index (χ1v) is 6.89. The van der Waals surface area contributed by atoms with E-state index in [9.17, 15) is 28.5 Å². The highest BCUT2D eigenvalue weighted by Crippen LogP contribution is 2.42. The molecule has 1 heterocycles. The van der Waals surface area contributed by atoms with Crippen molar-refractivity contribution >= 4 is 21.7 Å². The number of rotatable bonds is 2. The van der Waals surface area contributed by atoms with Gasteiger partial charge in [0.1, 0.15) is 34.8 Å². The molecule has 0 spiro atoms. The molecule has 1 aromatic heterocycles. The second-order valence-electron chi connectivity index (χ2n) is 4.38. The molecule has 0 aliphatic rings. The van der Waals surface area contributed by atoms with Crippen molar-refractivity contribution in [1.29, 1.82) is 10.5 Å². The van der Waals surface area contributed by atoms with Crippen LogP contribution in [0.15, 0.2) is 27.5 Å². The van der Waals surface area contributed by atoms with Crippen molar-refractivity contribution in [3.8, 4) is 29.0 Å². The van der Waals surface area contributed by atoms with E-state index in [1.54, 1.807) is 12.1 Å². The van der Waals surface area contributed by atoms with Crippen LogP contribution in [0.25, 0.3) is 11.1 Å². The molecule has 0 bridgehead atoms. The van der Waals surface area contributed by atoms with Crippen LogP contribution in [0.5, 0.6) is 5.75 Å². The topological polar surface area (TPSA) is 116 Å². The first-order valence-electron chi connectivity index (χ1n) is 6.10. The Labute approximate surface area is 141 Å². The third kappa shape index (κ3) is 3.19. The van der Waals surface area contributed by atoms with E-state index < -0.39 is 23.2 Å². The van der Waals surface area contributed by atoms with E-state index in [0.717, 1.165) is 6.07 Å². The lowest BCUT2D eigenvalue weighted by Gasteiger charge is -2.16. The quantitative estimate of drug-likeness (QED) is 0.806. The number of nitrogens with one attached hydrogen (secondary N) is 1. The number of H-pyrrole nitrogens is 1. The van der Waals surface area contributed by atoms with Crippen molar-refractivity contribution < 1.29 is 17.9 Å². The number of anilines is 1. The number of pyridine rings is 1. The summed E-state index contributed by atoms with van der Waals surface area (Å²) in [5.74, 6) is -1.06. The number of aromatic nitrogens is 1. The summed E-state index contributed by atoms with van der Waals surface area (Å²) in [6.45, 7) is 0. The van der Waals surface area contributed by atoms with Crippen LogP contribution >= 0.6 is 15.9 Å². The Balaban J connectivity index is 2.96. The number of nitrogens with two attached hydrogens (primary N) is 1. The molecule has 6 nitrogen and oxygen atoms in total. The molecule has 122 valence electrons. The van der Waals surface area contributed by atoms with Crippen LogP contribution in [0.4, 0.5) is 19.0 Å². The minimum absolute atomic E-state index is 0.0854. The molecule has 10 heteroatoms. The molecule has 1 aromatic carbocycles. The summed E-state index contributed by atoms with van der Waals surface area (Å²) in [4.78, 5) is 14.0. The van der Waals surface area contributed by atoms with Gasteiger partial charge in [-0.3, -0.25) is 4.79 Å². The zero-order valence-electron chi connectivity index (χ0n) is 11.5. The van der Waals surface area contributed by atoms with Gasteiger partial charge in [0, 0.05) is 15.6 Å². The van der Waals surface area contributed by atoms with Crippen molar-refractivity contribution in [2.24, 2.45) is 0 Å². The van der Waals surface area contributed by atoms with E-state index in [4.69, 9.17) is 5.73 Å². The van der Waals surface area contributed by atoms with Gasteiger partial charge in [0.15, 0.2) is 0 Å². The summed E-state index contributed by atoms with van der Waals surface area (Å²) >= 11 is 3.05. The molecule has 0 saturated heterocycles. The molecule has 0 aliphatic carbocycles. The van der Waals surface area contributed by atoms with Gasteiger partial charge in [-0.2, -0.15) is 10.5 Å². The smallest absolute Gasteiger partial charge is 0.405 e. The minimum Gasteiger partial charge on any atom is -0.405 e. The van der Waals surface area contributed by atoms with Crippen LogP contribution in [0.1, 0.15) is 11.1 Å². The number of aromatic amines is 1. The SMILES string of the molecule is N#Cc1c(N)[nH]c(=O)c(C#N)c1-c1c(Br)cccc1OC(F)(F)F. The maximum absolute atomic E-state index is 12.6. The molecule has 0 aliphatic heterocycles. The van der Waals surface area contributed by atoms with E-state index in [-0.39, 0.29) is 27.0 Å². The average Bonchev–Trinajstić information content (AvgIpc) is 2.45. The van der Waals surface area contributed by atoms with Crippen molar-refractivity contribution in [3.63, 3.8) is 0 Å². The number of ether oxygens (including phenoxy) is 1. The van der Waals surface area contributed by atoms with Crippen LogP contribution in [-0.2, 0) is 0 Å². The maximum Gasteiger partial charge on any atom is 0.573 e. The second-order valence-corrected chi connectivity index (χ2v) is 5.23. The number of alkyl halides is 3. The molecule has 0 fully saturated rings. The zero-order chi connectivity index (χ0) is 18.1. The number of nitriles is 2. The second kappa shape index (κ2) is 6.26. The minimum atomic E-state index is -5.01. The Kier molecular flexibility index (Phi) is 4.53. The molecule has 0 atom stereocenters. The Morgan fingerprint density at radius 2 is 1.79 bits per heavy atom. The normalized spacial score (nSPS) is 10.8. The van der Waals surface area contributed by atoms with E-state index in [0.29, 0.717) is 0 Å². The fourth-order valence-electron chi connectivity index (χ4n) is 2.05. The van der Waals surface area contributed by atoms with Gasteiger partial charge in [0.2, 0.25) is 0 Å². The summed E-state index contributed by atoms with van der Waals surface area (Å²) < 4.78 is 41.9. The Morgan fingerprint density at radius 1 is 1.17 bits per heavy atom. The van der Waals surface area contributed by atoms with Crippen molar-refractivity contribution in [1.82, 2.24) is 4.98 Å². The first kappa shape index (κ1) is 17.4. The van der Waals surface area contributed by atoms with Crippen LogP contribution in [0, 0.1) is 22.7 Å². The average molecular weight is 399 g/mol. The van der Waals surface area contributed by atoms with Crippen LogP contribution < -0.4 is 16.0 Å². The van der Waals surface area contributed by atoms with E-state index in [1.807, 2.05) is 0 Å². The summed E-state index contributed by atoms with van der Waals surface area (Å²) in [5, 5.41) is 18.4. The highest BCUT2D eigenvalue weighted by Gasteiger charge is 2.34. The molecule has 0 unspecified atom stereocenters. The van der Waals surface area contributed by atoms with Gasteiger partial charge in [-0.25, -0.2) is 0 Å². The van der Waals surface area contributed by atoms with Gasteiger partial charge in [-0.15, -0.1) is 13.2 Å². The standard InChI is InChI=1S/C14H6BrF3N4O2/c15-8-2-1-3-9(24-14(16,17)18)11(8)10-6(4-19)12(21)22-13(23)7(10)5-20/h1-3H,(H3,21,22,23). The van der Waals surface area contributed by atoms with Gasteiger partial charge in [0.05, 0.1) is 0 Å². The van der Waals surface area contributed by atoms with Crippen molar-refractivity contribution in [2.75, 3.05) is 5.73 Å². The molecule has 2 aromatic rings. The Hall–Kier alpha value is -2.98. The summed E-state index contributed by atoms with van der Waals surface area (Å²) in [7, 11) is 0. The number of hydrogen-bond acceptors (Lipinski definition) is 5. The highest BCUT2D eigenvalue weighted by atomic mass is 79.9. The third-order valence-corrected chi connectivity index (χ3v) is 3.58. The predicted molar refractivity (Wildman–Crippen MR) is 80.7 cm³/mol. The van der Waals surface area contributed by atoms with Gasteiger partial charge in [-0.1, -0.05) is 22.0 Å². The lowest BCUT2D eigenvalue weighted by molar-refractivity contribution is -0.274. The molecule has 0 amide bonds. The molecular formula is C14H6BrF3N4O2. The zero-order valence-corrected chi connectivity index (χ0v) is 13.1. The molecule has 3 N–H and O–H groups in total. The summed E-state index contributed by atoms with van der Waals surface area (Å²) in [6, 6.07) is 6.88. The van der Waals surface area contributed by atoms with Crippen molar-refractivity contribution in [2.45, 2.75) is 6.36 Å². The molecule has 2 rings (SSSR count). The first-order chi connectivity index (χ1) is 11.2.